The Balaban J connectivity index is 2.17. The van der Waals surface area contributed by atoms with Crippen molar-refractivity contribution in [1.82, 2.24) is 15.0 Å². The van der Waals surface area contributed by atoms with Gasteiger partial charge in [0.1, 0.15) is 0 Å². The number of nitrogens with zero attached hydrogens (tertiary/aromatic N) is 3. The van der Waals surface area contributed by atoms with Crippen LogP contribution in [0.3, 0.4) is 0 Å². The second-order valence-corrected chi connectivity index (χ2v) is 6.72. The van der Waals surface area contributed by atoms with Gasteiger partial charge in [-0.3, -0.25) is 4.90 Å². The van der Waals surface area contributed by atoms with Crippen molar-refractivity contribution in [2.24, 2.45) is 5.92 Å². The summed E-state index contributed by atoms with van der Waals surface area (Å²) in [4.78, 5) is 6.80. The molecule has 1 aliphatic heterocycles. The van der Waals surface area contributed by atoms with Gasteiger partial charge in [-0.05, 0) is 19.9 Å². The van der Waals surface area contributed by atoms with Gasteiger partial charge in [0.15, 0.2) is 5.82 Å². The van der Waals surface area contributed by atoms with Crippen LogP contribution in [-0.4, -0.2) is 51.3 Å². The summed E-state index contributed by atoms with van der Waals surface area (Å²) in [6.45, 7) is 6.94. The summed E-state index contributed by atoms with van der Waals surface area (Å²) in [5.74, 6) is 3.63. The SMILES string of the molecule is CC(C)C(c1nc(C2CSCCN2C)no1)C(C)O. The van der Waals surface area contributed by atoms with Gasteiger partial charge >= 0.3 is 0 Å². The molecule has 0 spiro atoms. The van der Waals surface area contributed by atoms with Crippen LogP contribution in [0.4, 0.5) is 0 Å². The van der Waals surface area contributed by atoms with E-state index in [0.29, 0.717) is 5.89 Å². The normalized spacial score (nSPS) is 24.6. The highest BCUT2D eigenvalue weighted by molar-refractivity contribution is 7.99. The Morgan fingerprint density at radius 2 is 2.16 bits per heavy atom. The van der Waals surface area contributed by atoms with Gasteiger partial charge in [-0.2, -0.15) is 16.7 Å². The Kier molecular flexibility index (Phi) is 4.86. The van der Waals surface area contributed by atoms with Crippen molar-refractivity contribution in [2.45, 2.75) is 38.8 Å². The molecule has 1 aromatic heterocycles. The maximum Gasteiger partial charge on any atom is 0.232 e. The topological polar surface area (TPSA) is 62.4 Å². The van der Waals surface area contributed by atoms with Crippen LogP contribution >= 0.6 is 11.8 Å². The van der Waals surface area contributed by atoms with E-state index >= 15 is 0 Å². The molecular formula is C13H23N3O2S. The van der Waals surface area contributed by atoms with Crippen LogP contribution in [0, 0.1) is 5.92 Å². The summed E-state index contributed by atoms with van der Waals surface area (Å²) in [6, 6.07) is 0.220. The molecule has 3 atom stereocenters. The van der Waals surface area contributed by atoms with E-state index in [1.807, 2.05) is 11.8 Å². The van der Waals surface area contributed by atoms with Gasteiger partial charge < -0.3 is 9.63 Å². The van der Waals surface area contributed by atoms with Gasteiger partial charge in [-0.15, -0.1) is 0 Å². The third kappa shape index (κ3) is 3.30. The van der Waals surface area contributed by atoms with Crippen LogP contribution in [0.2, 0.25) is 0 Å². The van der Waals surface area contributed by atoms with Crippen molar-refractivity contribution >= 4 is 11.8 Å². The number of aliphatic hydroxyl groups excluding tert-OH is 1. The summed E-state index contributed by atoms with van der Waals surface area (Å²) in [5.41, 5.74) is 0. The lowest BCUT2D eigenvalue weighted by molar-refractivity contribution is 0.120. The number of hydrogen-bond acceptors (Lipinski definition) is 6. The molecule has 6 heteroatoms. The maximum atomic E-state index is 9.87. The molecule has 3 unspecified atom stereocenters. The molecule has 2 heterocycles. The van der Waals surface area contributed by atoms with Crippen LogP contribution in [-0.2, 0) is 0 Å². The van der Waals surface area contributed by atoms with E-state index in [9.17, 15) is 5.11 Å². The molecule has 1 aliphatic rings. The van der Waals surface area contributed by atoms with Crippen LogP contribution < -0.4 is 0 Å². The van der Waals surface area contributed by atoms with Gasteiger partial charge in [0.25, 0.3) is 0 Å². The van der Waals surface area contributed by atoms with Crippen LogP contribution in [0.25, 0.3) is 0 Å². The first kappa shape index (κ1) is 14.8. The van der Waals surface area contributed by atoms with E-state index in [1.54, 1.807) is 6.92 Å². The smallest absolute Gasteiger partial charge is 0.232 e. The number of thioether (sulfide) groups is 1. The fraction of sp³-hybridized carbons (Fsp3) is 0.846. The van der Waals surface area contributed by atoms with Crippen molar-refractivity contribution in [3.63, 3.8) is 0 Å². The van der Waals surface area contributed by atoms with Crippen LogP contribution in [0.5, 0.6) is 0 Å². The minimum atomic E-state index is -0.480. The van der Waals surface area contributed by atoms with Crippen molar-refractivity contribution in [1.29, 1.82) is 0 Å². The molecule has 19 heavy (non-hydrogen) atoms. The van der Waals surface area contributed by atoms with E-state index in [2.05, 4.69) is 35.9 Å². The predicted octanol–water partition coefficient (Wildman–Crippen LogP) is 1.91. The van der Waals surface area contributed by atoms with Crippen molar-refractivity contribution in [2.75, 3.05) is 25.1 Å². The zero-order valence-electron chi connectivity index (χ0n) is 12.0. The van der Waals surface area contributed by atoms with Crippen LogP contribution in [0.1, 0.15) is 44.4 Å². The van der Waals surface area contributed by atoms with Gasteiger partial charge in [0.2, 0.25) is 5.89 Å². The average Bonchev–Trinajstić information content (AvgIpc) is 2.77. The standard InChI is InChI=1S/C13H23N3O2S/c1-8(2)11(9(3)17)13-14-12(15-18-13)10-7-19-6-5-16(10)4/h8-11,17H,5-7H2,1-4H3. The molecule has 5 nitrogen and oxygen atoms in total. The first-order valence-corrected chi connectivity index (χ1v) is 7.95. The largest absolute Gasteiger partial charge is 0.393 e. The second-order valence-electron chi connectivity index (χ2n) is 5.57. The van der Waals surface area contributed by atoms with E-state index in [-0.39, 0.29) is 17.9 Å². The van der Waals surface area contributed by atoms with E-state index in [1.165, 1.54) is 0 Å². The molecule has 0 radical (unpaired) electrons. The average molecular weight is 285 g/mol. The summed E-state index contributed by atoms with van der Waals surface area (Å²) < 4.78 is 5.39. The monoisotopic (exact) mass is 285 g/mol. The minimum Gasteiger partial charge on any atom is -0.393 e. The molecule has 0 aromatic carbocycles. The molecule has 0 aliphatic carbocycles. The molecule has 1 fully saturated rings. The first-order chi connectivity index (χ1) is 9.00. The third-order valence-electron chi connectivity index (χ3n) is 3.67. The summed E-state index contributed by atoms with van der Waals surface area (Å²) in [5, 5.41) is 14.0. The van der Waals surface area contributed by atoms with Gasteiger partial charge in [-0.25, -0.2) is 0 Å². The molecule has 1 N–H and O–H groups in total. The lowest BCUT2D eigenvalue weighted by Crippen LogP contribution is -2.33. The van der Waals surface area contributed by atoms with E-state index < -0.39 is 6.10 Å². The molecule has 108 valence electrons. The number of hydrogen-bond donors (Lipinski definition) is 1. The Hall–Kier alpha value is -0.590. The number of rotatable bonds is 4. The van der Waals surface area contributed by atoms with Gasteiger partial charge in [0, 0.05) is 18.1 Å². The maximum absolute atomic E-state index is 9.87. The highest BCUT2D eigenvalue weighted by Crippen LogP contribution is 2.30. The fourth-order valence-corrected chi connectivity index (χ4v) is 3.74. The van der Waals surface area contributed by atoms with Gasteiger partial charge in [0.05, 0.1) is 18.1 Å². The van der Waals surface area contributed by atoms with Crippen molar-refractivity contribution in [3.8, 4) is 0 Å². The first-order valence-electron chi connectivity index (χ1n) is 6.80. The second kappa shape index (κ2) is 6.24. The predicted molar refractivity (Wildman–Crippen MR) is 76.3 cm³/mol. The molecule has 1 saturated heterocycles. The molecule has 0 saturated carbocycles. The highest BCUT2D eigenvalue weighted by Gasteiger charge is 2.30. The molecule has 0 bridgehead atoms. The van der Waals surface area contributed by atoms with Crippen LogP contribution in [0.15, 0.2) is 4.52 Å². The minimum absolute atomic E-state index is 0.0946. The fourth-order valence-electron chi connectivity index (χ4n) is 2.52. The Bertz CT molecular complexity index is 400. The summed E-state index contributed by atoms with van der Waals surface area (Å²) >= 11 is 1.92. The highest BCUT2D eigenvalue weighted by atomic mass is 32.2. The third-order valence-corrected chi connectivity index (χ3v) is 4.70. The lowest BCUT2D eigenvalue weighted by Gasteiger charge is -2.29. The molecular weight excluding hydrogens is 262 g/mol. The van der Waals surface area contributed by atoms with Gasteiger partial charge in [-0.1, -0.05) is 19.0 Å². The quantitative estimate of drug-likeness (QED) is 0.912. The molecule has 0 amide bonds. The zero-order valence-corrected chi connectivity index (χ0v) is 12.9. The molecule has 2 rings (SSSR count). The van der Waals surface area contributed by atoms with Crippen molar-refractivity contribution < 1.29 is 9.63 Å². The Labute approximate surface area is 118 Å². The number of aromatic nitrogens is 2. The van der Waals surface area contributed by atoms with Crippen molar-refractivity contribution in [3.05, 3.63) is 11.7 Å². The van der Waals surface area contributed by atoms with E-state index in [4.69, 9.17) is 4.52 Å². The Morgan fingerprint density at radius 1 is 1.42 bits per heavy atom. The summed E-state index contributed by atoms with van der Waals surface area (Å²) in [7, 11) is 2.09. The zero-order chi connectivity index (χ0) is 14.0. The summed E-state index contributed by atoms with van der Waals surface area (Å²) in [6.07, 6.45) is -0.480. The lowest BCUT2D eigenvalue weighted by atomic mass is 9.91. The molecule has 1 aromatic rings. The number of aliphatic hydroxyl groups is 1. The van der Waals surface area contributed by atoms with E-state index in [0.717, 1.165) is 23.9 Å². The Morgan fingerprint density at radius 3 is 2.74 bits per heavy atom.